The number of nitrogens with one attached hydrogen (secondary N) is 1. The van der Waals surface area contributed by atoms with Crippen LogP contribution in [-0.4, -0.2) is 22.9 Å². The maximum Gasteiger partial charge on any atom is 0.241 e. The average molecular weight is 306 g/mol. The summed E-state index contributed by atoms with van der Waals surface area (Å²) in [5, 5.41) is 7.81. The molecule has 4 heteroatoms. The van der Waals surface area contributed by atoms with Crippen molar-refractivity contribution < 1.29 is 4.79 Å². The molecule has 0 bridgehead atoms. The first-order valence-corrected chi connectivity index (χ1v) is 9.06. The van der Waals surface area contributed by atoms with E-state index in [2.05, 4.69) is 47.8 Å². The van der Waals surface area contributed by atoms with Gasteiger partial charge in [-0.2, -0.15) is 11.3 Å². The van der Waals surface area contributed by atoms with Crippen molar-refractivity contribution in [3.63, 3.8) is 0 Å². The Bertz CT molecular complexity index is 487. The maximum atomic E-state index is 12.8. The standard InChI is InChI=1S/C17H26N2OS/c1-4-14-16(20)19(13-5-8-17(2,3)9-6-13)15(18-14)12-7-10-21-11-12/h7,10-11,13-15,18H,4-6,8-9H2,1-3H3. The molecular weight excluding hydrogens is 280 g/mol. The van der Waals surface area contributed by atoms with Crippen molar-refractivity contribution in [3.05, 3.63) is 22.4 Å². The molecule has 0 aromatic carbocycles. The summed E-state index contributed by atoms with van der Waals surface area (Å²) in [6, 6.07) is 2.54. The number of rotatable bonds is 3. The zero-order valence-electron chi connectivity index (χ0n) is 13.3. The van der Waals surface area contributed by atoms with Gasteiger partial charge in [-0.25, -0.2) is 0 Å². The molecule has 1 saturated heterocycles. The van der Waals surface area contributed by atoms with Gasteiger partial charge in [0, 0.05) is 6.04 Å². The molecule has 1 amide bonds. The number of hydrogen-bond acceptors (Lipinski definition) is 3. The van der Waals surface area contributed by atoms with Crippen molar-refractivity contribution >= 4 is 17.2 Å². The summed E-state index contributed by atoms with van der Waals surface area (Å²) in [6.45, 7) is 6.78. The smallest absolute Gasteiger partial charge is 0.241 e. The molecule has 3 nitrogen and oxygen atoms in total. The highest BCUT2D eigenvalue weighted by Gasteiger charge is 2.44. The zero-order chi connectivity index (χ0) is 15.0. The first kappa shape index (κ1) is 15.0. The third-order valence-corrected chi connectivity index (χ3v) is 5.86. The van der Waals surface area contributed by atoms with Gasteiger partial charge in [0.2, 0.25) is 5.91 Å². The van der Waals surface area contributed by atoms with Crippen molar-refractivity contribution in [1.29, 1.82) is 0 Å². The topological polar surface area (TPSA) is 32.3 Å². The van der Waals surface area contributed by atoms with Gasteiger partial charge in [-0.3, -0.25) is 10.1 Å². The van der Waals surface area contributed by atoms with E-state index in [-0.39, 0.29) is 12.2 Å². The largest absolute Gasteiger partial charge is 0.319 e. The van der Waals surface area contributed by atoms with E-state index in [1.165, 1.54) is 18.4 Å². The van der Waals surface area contributed by atoms with Crippen LogP contribution in [0.3, 0.4) is 0 Å². The number of thiophene rings is 1. The molecule has 2 fully saturated rings. The minimum atomic E-state index is -0.00941. The number of hydrogen-bond donors (Lipinski definition) is 1. The highest BCUT2D eigenvalue weighted by molar-refractivity contribution is 7.07. The molecule has 2 heterocycles. The molecule has 0 radical (unpaired) electrons. The van der Waals surface area contributed by atoms with Crippen LogP contribution < -0.4 is 5.32 Å². The lowest BCUT2D eigenvalue weighted by atomic mass is 9.75. The average Bonchev–Trinajstić information content (AvgIpc) is 3.07. The summed E-state index contributed by atoms with van der Waals surface area (Å²) in [5.41, 5.74) is 1.68. The molecule has 1 aliphatic heterocycles. The van der Waals surface area contributed by atoms with Gasteiger partial charge in [-0.1, -0.05) is 20.8 Å². The number of carbonyl (C=O) groups excluding carboxylic acids is 1. The fraction of sp³-hybridized carbons (Fsp3) is 0.706. The minimum Gasteiger partial charge on any atom is -0.319 e. The summed E-state index contributed by atoms with van der Waals surface area (Å²) in [5.74, 6) is 0.304. The number of carbonyl (C=O) groups is 1. The fourth-order valence-corrected chi connectivity index (χ4v) is 4.36. The second kappa shape index (κ2) is 5.73. The Morgan fingerprint density at radius 2 is 2.10 bits per heavy atom. The third kappa shape index (κ3) is 2.88. The van der Waals surface area contributed by atoms with E-state index in [1.54, 1.807) is 11.3 Å². The first-order chi connectivity index (χ1) is 10.0. The van der Waals surface area contributed by atoms with E-state index < -0.39 is 0 Å². The predicted molar refractivity (Wildman–Crippen MR) is 87.2 cm³/mol. The highest BCUT2D eigenvalue weighted by Crippen LogP contribution is 2.40. The molecule has 21 heavy (non-hydrogen) atoms. The summed E-state index contributed by atoms with van der Waals surface area (Å²) in [4.78, 5) is 14.9. The van der Waals surface area contributed by atoms with Crippen molar-refractivity contribution in [2.75, 3.05) is 0 Å². The molecule has 3 rings (SSSR count). The SMILES string of the molecule is CCC1NC(c2ccsc2)N(C2CCC(C)(C)CC2)C1=O. The molecule has 2 unspecified atom stereocenters. The number of nitrogens with zero attached hydrogens (tertiary/aromatic N) is 1. The van der Waals surface area contributed by atoms with Gasteiger partial charge in [0.05, 0.1) is 6.04 Å². The van der Waals surface area contributed by atoms with Gasteiger partial charge in [0.15, 0.2) is 0 Å². The lowest BCUT2D eigenvalue weighted by Crippen LogP contribution is -2.43. The Hall–Kier alpha value is -0.870. The molecule has 2 aliphatic rings. The van der Waals surface area contributed by atoms with Gasteiger partial charge in [0.25, 0.3) is 0 Å². The lowest BCUT2D eigenvalue weighted by molar-refractivity contribution is -0.133. The molecule has 1 aromatic rings. The Labute approximate surface area is 131 Å². The van der Waals surface area contributed by atoms with Crippen molar-refractivity contribution in [1.82, 2.24) is 10.2 Å². The quantitative estimate of drug-likeness (QED) is 0.918. The second-order valence-corrected chi connectivity index (χ2v) is 8.01. The monoisotopic (exact) mass is 306 g/mol. The molecule has 2 atom stereocenters. The van der Waals surface area contributed by atoms with Gasteiger partial charge in [-0.15, -0.1) is 0 Å². The van der Waals surface area contributed by atoms with E-state index in [4.69, 9.17) is 0 Å². The van der Waals surface area contributed by atoms with E-state index in [0.717, 1.165) is 19.3 Å². The van der Waals surface area contributed by atoms with Crippen LogP contribution in [0.25, 0.3) is 0 Å². The Balaban J connectivity index is 1.81. The van der Waals surface area contributed by atoms with Crippen LogP contribution in [0.4, 0.5) is 0 Å². The van der Waals surface area contributed by atoms with Gasteiger partial charge in [0.1, 0.15) is 6.17 Å². The second-order valence-electron chi connectivity index (χ2n) is 7.23. The molecule has 1 aromatic heterocycles. The molecule has 1 saturated carbocycles. The van der Waals surface area contributed by atoms with E-state index in [9.17, 15) is 4.79 Å². The van der Waals surface area contributed by atoms with Crippen LogP contribution in [0.1, 0.15) is 64.6 Å². The Kier molecular flexibility index (Phi) is 4.10. The van der Waals surface area contributed by atoms with E-state index >= 15 is 0 Å². The highest BCUT2D eigenvalue weighted by atomic mass is 32.1. The molecule has 0 spiro atoms. The van der Waals surface area contributed by atoms with E-state index in [0.29, 0.717) is 17.4 Å². The van der Waals surface area contributed by atoms with Crippen molar-refractivity contribution in [3.8, 4) is 0 Å². The summed E-state index contributed by atoms with van der Waals surface area (Å²) in [6.07, 6.45) is 5.66. The van der Waals surface area contributed by atoms with Gasteiger partial charge >= 0.3 is 0 Å². The van der Waals surface area contributed by atoms with Crippen LogP contribution in [0.15, 0.2) is 16.8 Å². The van der Waals surface area contributed by atoms with Crippen LogP contribution in [0, 0.1) is 5.41 Å². The van der Waals surface area contributed by atoms with Crippen LogP contribution >= 0.6 is 11.3 Å². The lowest BCUT2D eigenvalue weighted by Gasteiger charge is -2.40. The summed E-state index contributed by atoms with van der Waals surface area (Å²) in [7, 11) is 0. The molecule has 116 valence electrons. The zero-order valence-corrected chi connectivity index (χ0v) is 14.1. The van der Waals surface area contributed by atoms with Crippen LogP contribution in [-0.2, 0) is 4.79 Å². The Morgan fingerprint density at radius 1 is 1.38 bits per heavy atom. The van der Waals surface area contributed by atoms with Crippen molar-refractivity contribution in [2.24, 2.45) is 5.41 Å². The molecular formula is C17H26N2OS. The maximum absolute atomic E-state index is 12.8. The number of amides is 1. The Morgan fingerprint density at radius 3 is 2.67 bits per heavy atom. The van der Waals surface area contributed by atoms with Crippen molar-refractivity contribution in [2.45, 2.75) is 71.1 Å². The van der Waals surface area contributed by atoms with Crippen LogP contribution in [0.5, 0.6) is 0 Å². The first-order valence-electron chi connectivity index (χ1n) is 8.12. The summed E-state index contributed by atoms with van der Waals surface area (Å²) >= 11 is 1.71. The van der Waals surface area contributed by atoms with Gasteiger partial charge < -0.3 is 4.90 Å². The predicted octanol–water partition coefficient (Wildman–Crippen LogP) is 3.93. The van der Waals surface area contributed by atoms with E-state index in [1.807, 2.05) is 0 Å². The molecule has 1 N–H and O–H groups in total. The molecule has 1 aliphatic carbocycles. The third-order valence-electron chi connectivity index (χ3n) is 5.16. The minimum absolute atomic E-state index is 0.00941. The normalized spacial score (nSPS) is 30.0. The van der Waals surface area contributed by atoms with Crippen LogP contribution in [0.2, 0.25) is 0 Å². The van der Waals surface area contributed by atoms with Gasteiger partial charge in [-0.05, 0) is 59.9 Å². The summed E-state index contributed by atoms with van der Waals surface area (Å²) < 4.78 is 0. The fourth-order valence-electron chi connectivity index (χ4n) is 3.68.